The summed E-state index contributed by atoms with van der Waals surface area (Å²) >= 11 is 9.64. The van der Waals surface area contributed by atoms with Gasteiger partial charge in [-0.15, -0.1) is 0 Å². The van der Waals surface area contributed by atoms with Gasteiger partial charge in [-0.05, 0) is 31.2 Å². The molecule has 1 N–H and O–H groups in total. The normalized spacial score (nSPS) is 11.7. The van der Waals surface area contributed by atoms with Gasteiger partial charge in [-0.1, -0.05) is 27.5 Å². The highest BCUT2D eigenvalue weighted by Crippen LogP contribution is 2.32. The number of benzene rings is 1. The summed E-state index contributed by atoms with van der Waals surface area (Å²) in [4.78, 5) is 15.7. The van der Waals surface area contributed by atoms with Crippen molar-refractivity contribution in [2.75, 3.05) is 19.5 Å². The lowest BCUT2D eigenvalue weighted by atomic mass is 10.1. The largest absolute Gasteiger partial charge is 0.496 e. The maximum Gasteiger partial charge on any atom is 0.339 e. The predicted molar refractivity (Wildman–Crippen MR) is 93.3 cm³/mol. The van der Waals surface area contributed by atoms with Crippen molar-refractivity contribution in [3.8, 4) is 5.75 Å². The van der Waals surface area contributed by atoms with Crippen molar-refractivity contribution < 1.29 is 14.3 Å². The number of aromatic nitrogens is 1. The van der Waals surface area contributed by atoms with E-state index in [4.69, 9.17) is 16.3 Å². The minimum Gasteiger partial charge on any atom is -0.496 e. The molecule has 1 atom stereocenters. The first-order valence-electron chi connectivity index (χ1n) is 6.80. The molecule has 0 radical (unpaired) electrons. The first-order chi connectivity index (χ1) is 11.0. The molecule has 7 heteroatoms. The first kappa shape index (κ1) is 17.6. The molecule has 0 spiro atoms. The number of hydrogen-bond donors (Lipinski definition) is 1. The Morgan fingerprint density at radius 3 is 2.70 bits per heavy atom. The van der Waals surface area contributed by atoms with Gasteiger partial charge in [0, 0.05) is 16.2 Å². The van der Waals surface area contributed by atoms with Crippen LogP contribution in [-0.4, -0.2) is 25.2 Å². The standard InChI is InChI=1S/C16H16BrClN2O3/c1-9(12-7-11(17)4-5-14(12)22-2)20-15-13(18)6-10(8-19-15)16(21)23-3/h4-9H,1-3H3,(H,19,20)/t9-/m0/s1. The van der Waals surface area contributed by atoms with Gasteiger partial charge in [-0.2, -0.15) is 0 Å². The molecule has 0 aliphatic heterocycles. The van der Waals surface area contributed by atoms with E-state index in [9.17, 15) is 4.79 Å². The third-order valence-corrected chi connectivity index (χ3v) is 4.06. The molecule has 1 heterocycles. The second-order valence-corrected chi connectivity index (χ2v) is 6.12. The van der Waals surface area contributed by atoms with Gasteiger partial charge < -0.3 is 14.8 Å². The molecule has 0 aliphatic carbocycles. The second kappa shape index (κ2) is 7.66. The third kappa shape index (κ3) is 4.14. The maximum atomic E-state index is 11.5. The number of hydrogen-bond acceptors (Lipinski definition) is 5. The van der Waals surface area contributed by atoms with Crippen LogP contribution in [0.5, 0.6) is 5.75 Å². The quantitative estimate of drug-likeness (QED) is 0.752. The Morgan fingerprint density at radius 2 is 2.09 bits per heavy atom. The summed E-state index contributed by atoms with van der Waals surface area (Å²) in [6.45, 7) is 1.97. The van der Waals surface area contributed by atoms with E-state index in [1.54, 1.807) is 7.11 Å². The topological polar surface area (TPSA) is 60.5 Å². The SMILES string of the molecule is COC(=O)c1cnc(N[C@@H](C)c2cc(Br)ccc2OC)c(Cl)c1. The summed E-state index contributed by atoms with van der Waals surface area (Å²) in [6, 6.07) is 7.18. The second-order valence-electron chi connectivity index (χ2n) is 4.80. The molecule has 0 bridgehead atoms. The van der Waals surface area contributed by atoms with E-state index in [0.717, 1.165) is 15.8 Å². The molecule has 0 saturated carbocycles. The number of ether oxygens (including phenoxy) is 2. The Labute approximate surface area is 148 Å². The summed E-state index contributed by atoms with van der Waals surface area (Å²) < 4.78 is 11.0. The van der Waals surface area contributed by atoms with Crippen LogP contribution in [0, 0.1) is 0 Å². The third-order valence-electron chi connectivity index (χ3n) is 3.27. The molecule has 0 amide bonds. The number of halogens is 2. The Bertz CT molecular complexity index is 724. The Hall–Kier alpha value is -1.79. The van der Waals surface area contributed by atoms with Crippen LogP contribution >= 0.6 is 27.5 Å². The van der Waals surface area contributed by atoms with E-state index >= 15 is 0 Å². The number of pyridine rings is 1. The van der Waals surface area contributed by atoms with Crippen molar-refractivity contribution in [1.82, 2.24) is 4.98 Å². The lowest BCUT2D eigenvalue weighted by molar-refractivity contribution is 0.0600. The highest BCUT2D eigenvalue weighted by molar-refractivity contribution is 9.10. The van der Waals surface area contributed by atoms with Crippen molar-refractivity contribution in [1.29, 1.82) is 0 Å². The molecule has 122 valence electrons. The van der Waals surface area contributed by atoms with Crippen LogP contribution in [0.3, 0.4) is 0 Å². The van der Waals surface area contributed by atoms with Crippen LogP contribution in [0.15, 0.2) is 34.9 Å². The fourth-order valence-electron chi connectivity index (χ4n) is 2.10. The Kier molecular flexibility index (Phi) is 5.85. The molecule has 2 rings (SSSR count). The Morgan fingerprint density at radius 1 is 1.35 bits per heavy atom. The molecule has 23 heavy (non-hydrogen) atoms. The maximum absolute atomic E-state index is 11.5. The van der Waals surface area contributed by atoms with Gasteiger partial charge in [-0.3, -0.25) is 0 Å². The molecule has 0 saturated heterocycles. The van der Waals surface area contributed by atoms with Crippen LogP contribution in [0.1, 0.15) is 28.9 Å². The molecule has 5 nitrogen and oxygen atoms in total. The number of methoxy groups -OCH3 is 2. The zero-order valence-electron chi connectivity index (χ0n) is 12.9. The van der Waals surface area contributed by atoms with Crippen molar-refractivity contribution in [2.24, 2.45) is 0 Å². The van der Waals surface area contributed by atoms with Gasteiger partial charge in [0.2, 0.25) is 0 Å². The number of carbonyl (C=O) groups is 1. The molecule has 0 aliphatic rings. The average molecular weight is 400 g/mol. The van der Waals surface area contributed by atoms with Crippen molar-refractivity contribution in [3.63, 3.8) is 0 Å². The van der Waals surface area contributed by atoms with Gasteiger partial charge in [0.1, 0.15) is 11.6 Å². The lowest BCUT2D eigenvalue weighted by Crippen LogP contribution is -2.11. The number of nitrogens with zero attached hydrogens (tertiary/aromatic N) is 1. The van der Waals surface area contributed by atoms with Gasteiger partial charge >= 0.3 is 5.97 Å². The summed E-state index contributed by atoms with van der Waals surface area (Å²) in [5, 5.41) is 3.56. The number of nitrogens with one attached hydrogen (secondary N) is 1. The zero-order valence-corrected chi connectivity index (χ0v) is 15.2. The van der Waals surface area contributed by atoms with Crippen LogP contribution in [0.4, 0.5) is 5.82 Å². The van der Waals surface area contributed by atoms with Gasteiger partial charge in [0.15, 0.2) is 0 Å². The molecular weight excluding hydrogens is 384 g/mol. The molecule has 0 fully saturated rings. The van der Waals surface area contributed by atoms with E-state index in [2.05, 4.69) is 31.0 Å². The fraction of sp³-hybridized carbons (Fsp3) is 0.250. The van der Waals surface area contributed by atoms with E-state index in [1.165, 1.54) is 19.4 Å². The Balaban J connectivity index is 2.25. The predicted octanol–water partition coefficient (Wildman–Crippen LogP) is 4.47. The summed E-state index contributed by atoms with van der Waals surface area (Å²) in [5.41, 5.74) is 1.26. The summed E-state index contributed by atoms with van der Waals surface area (Å²) in [6.07, 6.45) is 1.42. The number of esters is 1. The highest BCUT2D eigenvalue weighted by Gasteiger charge is 2.15. The smallest absolute Gasteiger partial charge is 0.339 e. The molecule has 0 unspecified atom stereocenters. The molecule has 1 aromatic carbocycles. The van der Waals surface area contributed by atoms with E-state index < -0.39 is 5.97 Å². The van der Waals surface area contributed by atoms with E-state index in [0.29, 0.717) is 16.4 Å². The monoisotopic (exact) mass is 398 g/mol. The van der Waals surface area contributed by atoms with E-state index in [-0.39, 0.29) is 6.04 Å². The number of rotatable bonds is 5. The van der Waals surface area contributed by atoms with Gasteiger partial charge in [0.05, 0.1) is 30.8 Å². The zero-order chi connectivity index (χ0) is 17.0. The van der Waals surface area contributed by atoms with Crippen molar-refractivity contribution in [2.45, 2.75) is 13.0 Å². The minimum atomic E-state index is -0.479. The van der Waals surface area contributed by atoms with E-state index in [1.807, 2.05) is 25.1 Å². The van der Waals surface area contributed by atoms with Crippen LogP contribution in [-0.2, 0) is 4.74 Å². The lowest BCUT2D eigenvalue weighted by Gasteiger charge is -2.19. The summed E-state index contributed by atoms with van der Waals surface area (Å²) in [5.74, 6) is 0.761. The van der Waals surface area contributed by atoms with Crippen molar-refractivity contribution >= 4 is 39.3 Å². The number of carbonyl (C=O) groups excluding carboxylic acids is 1. The highest BCUT2D eigenvalue weighted by atomic mass is 79.9. The molecule has 2 aromatic rings. The van der Waals surface area contributed by atoms with Crippen LogP contribution in [0.25, 0.3) is 0 Å². The minimum absolute atomic E-state index is 0.101. The number of anilines is 1. The van der Waals surface area contributed by atoms with Crippen LogP contribution in [0.2, 0.25) is 5.02 Å². The first-order valence-corrected chi connectivity index (χ1v) is 7.97. The van der Waals surface area contributed by atoms with Crippen molar-refractivity contribution in [3.05, 3.63) is 51.1 Å². The molecule has 1 aromatic heterocycles. The van der Waals surface area contributed by atoms with Gasteiger partial charge in [0.25, 0.3) is 0 Å². The van der Waals surface area contributed by atoms with Crippen LogP contribution < -0.4 is 10.1 Å². The average Bonchev–Trinajstić information content (AvgIpc) is 2.55. The fourth-order valence-corrected chi connectivity index (χ4v) is 2.70. The molecular formula is C16H16BrClN2O3. The van der Waals surface area contributed by atoms with Gasteiger partial charge in [-0.25, -0.2) is 9.78 Å². The summed E-state index contributed by atoms with van der Waals surface area (Å²) in [7, 11) is 2.93.